The van der Waals surface area contributed by atoms with Crippen LogP contribution in [0.1, 0.15) is 5.56 Å². The average Bonchev–Trinajstić information content (AvgIpc) is 2.72. The van der Waals surface area contributed by atoms with Gasteiger partial charge >= 0.3 is 0 Å². The van der Waals surface area contributed by atoms with Crippen LogP contribution in [0.15, 0.2) is 54.6 Å². The number of nitrogens with zero attached hydrogens (tertiary/aromatic N) is 4. The number of anilines is 1. The van der Waals surface area contributed by atoms with Gasteiger partial charge in [-0.05, 0) is 23.8 Å². The molecule has 0 spiro atoms. The second kappa shape index (κ2) is 8.30. The van der Waals surface area contributed by atoms with E-state index in [1.807, 2.05) is 0 Å². The molecular formula is C19H18N4O5. The fourth-order valence-electron chi connectivity index (χ4n) is 2.99. The molecule has 0 unspecified atom stereocenters. The number of benzene rings is 2. The van der Waals surface area contributed by atoms with E-state index in [-0.39, 0.29) is 17.3 Å². The Morgan fingerprint density at radius 2 is 1.54 bits per heavy atom. The summed E-state index contributed by atoms with van der Waals surface area (Å²) in [6, 6.07) is 12.4. The highest BCUT2D eigenvalue weighted by molar-refractivity contribution is 5.92. The van der Waals surface area contributed by atoms with Gasteiger partial charge in [0, 0.05) is 62.2 Å². The van der Waals surface area contributed by atoms with E-state index in [1.54, 1.807) is 35.2 Å². The average molecular weight is 382 g/mol. The zero-order chi connectivity index (χ0) is 20.1. The molecule has 1 aliphatic rings. The molecule has 9 nitrogen and oxygen atoms in total. The molecule has 2 aromatic rings. The molecule has 1 saturated heterocycles. The molecular weight excluding hydrogens is 364 g/mol. The maximum atomic E-state index is 12.4. The number of non-ortho nitro benzene ring substituents is 2. The van der Waals surface area contributed by atoms with Crippen molar-refractivity contribution in [2.24, 2.45) is 0 Å². The van der Waals surface area contributed by atoms with Crippen molar-refractivity contribution in [2.75, 3.05) is 31.1 Å². The SMILES string of the molecule is O=C(/C=C\c1cccc([N+](=O)[O-])c1)N1CCN(c2ccc([N+](=O)[O-])cc2)CC1. The third-order valence-electron chi connectivity index (χ3n) is 4.52. The molecule has 0 radical (unpaired) electrons. The summed E-state index contributed by atoms with van der Waals surface area (Å²) in [5, 5.41) is 21.5. The lowest BCUT2D eigenvalue weighted by atomic mass is 10.2. The van der Waals surface area contributed by atoms with Crippen molar-refractivity contribution in [1.29, 1.82) is 0 Å². The molecule has 1 aliphatic heterocycles. The van der Waals surface area contributed by atoms with Crippen molar-refractivity contribution in [3.05, 3.63) is 80.4 Å². The fourth-order valence-corrected chi connectivity index (χ4v) is 2.99. The van der Waals surface area contributed by atoms with E-state index in [4.69, 9.17) is 0 Å². The minimum atomic E-state index is -0.476. The van der Waals surface area contributed by atoms with Gasteiger partial charge in [-0.3, -0.25) is 25.0 Å². The second-order valence-electron chi connectivity index (χ2n) is 6.27. The van der Waals surface area contributed by atoms with Crippen LogP contribution in [0.25, 0.3) is 6.08 Å². The molecule has 0 saturated carbocycles. The third kappa shape index (κ3) is 4.50. The molecule has 9 heteroatoms. The highest BCUT2D eigenvalue weighted by atomic mass is 16.6. The van der Waals surface area contributed by atoms with Crippen LogP contribution in [0.3, 0.4) is 0 Å². The summed E-state index contributed by atoms with van der Waals surface area (Å²) >= 11 is 0. The molecule has 0 aliphatic carbocycles. The zero-order valence-electron chi connectivity index (χ0n) is 14.9. The van der Waals surface area contributed by atoms with Gasteiger partial charge in [-0.1, -0.05) is 12.1 Å². The summed E-state index contributed by atoms with van der Waals surface area (Å²) in [6.45, 7) is 2.28. The van der Waals surface area contributed by atoms with Crippen molar-refractivity contribution < 1.29 is 14.6 Å². The van der Waals surface area contributed by atoms with E-state index in [9.17, 15) is 25.0 Å². The van der Waals surface area contributed by atoms with Gasteiger partial charge < -0.3 is 9.80 Å². The zero-order valence-corrected chi connectivity index (χ0v) is 14.9. The van der Waals surface area contributed by atoms with Gasteiger partial charge in [0.05, 0.1) is 9.85 Å². The third-order valence-corrected chi connectivity index (χ3v) is 4.52. The molecule has 2 aromatic carbocycles. The number of hydrogen-bond acceptors (Lipinski definition) is 6. The first kappa shape index (κ1) is 19.0. The Bertz CT molecular complexity index is 918. The Kier molecular flexibility index (Phi) is 5.64. The van der Waals surface area contributed by atoms with E-state index < -0.39 is 9.85 Å². The van der Waals surface area contributed by atoms with Gasteiger partial charge in [0.15, 0.2) is 0 Å². The highest BCUT2D eigenvalue weighted by Gasteiger charge is 2.20. The maximum absolute atomic E-state index is 12.4. The lowest BCUT2D eigenvalue weighted by Gasteiger charge is -2.35. The quantitative estimate of drug-likeness (QED) is 0.447. The molecule has 1 heterocycles. The Labute approximate surface area is 160 Å². The monoisotopic (exact) mass is 382 g/mol. The number of carbonyl (C=O) groups excluding carboxylic acids is 1. The summed E-state index contributed by atoms with van der Waals surface area (Å²) in [7, 11) is 0. The molecule has 0 aromatic heterocycles. The van der Waals surface area contributed by atoms with Crippen LogP contribution in [0, 0.1) is 20.2 Å². The number of nitro benzene ring substituents is 2. The van der Waals surface area contributed by atoms with E-state index in [0.717, 1.165) is 5.69 Å². The molecule has 28 heavy (non-hydrogen) atoms. The van der Waals surface area contributed by atoms with E-state index in [0.29, 0.717) is 31.7 Å². The number of nitro groups is 2. The molecule has 0 bridgehead atoms. The summed E-state index contributed by atoms with van der Waals surface area (Å²) in [4.78, 5) is 36.8. The summed E-state index contributed by atoms with van der Waals surface area (Å²) in [6.07, 6.45) is 2.98. The van der Waals surface area contributed by atoms with E-state index in [1.165, 1.54) is 30.3 Å². The number of carbonyl (C=O) groups is 1. The van der Waals surface area contributed by atoms with Crippen LogP contribution < -0.4 is 4.90 Å². The van der Waals surface area contributed by atoms with Crippen LogP contribution in [0.5, 0.6) is 0 Å². The predicted molar refractivity (Wildman–Crippen MR) is 104 cm³/mol. The van der Waals surface area contributed by atoms with Gasteiger partial charge in [0.1, 0.15) is 0 Å². The van der Waals surface area contributed by atoms with Gasteiger partial charge in [0.2, 0.25) is 5.91 Å². The molecule has 0 atom stereocenters. The van der Waals surface area contributed by atoms with Crippen LogP contribution in [-0.4, -0.2) is 46.8 Å². The largest absolute Gasteiger partial charge is 0.368 e. The normalized spacial score (nSPS) is 14.3. The van der Waals surface area contributed by atoms with Gasteiger partial charge in [-0.2, -0.15) is 0 Å². The van der Waals surface area contributed by atoms with Crippen LogP contribution in [-0.2, 0) is 4.79 Å². The van der Waals surface area contributed by atoms with Crippen molar-refractivity contribution in [1.82, 2.24) is 4.90 Å². The van der Waals surface area contributed by atoms with Crippen molar-refractivity contribution in [3.63, 3.8) is 0 Å². The van der Waals surface area contributed by atoms with Gasteiger partial charge in [-0.15, -0.1) is 0 Å². The maximum Gasteiger partial charge on any atom is 0.270 e. The Morgan fingerprint density at radius 3 is 2.14 bits per heavy atom. The number of amides is 1. The first-order valence-electron chi connectivity index (χ1n) is 8.65. The minimum absolute atomic E-state index is 0.0219. The van der Waals surface area contributed by atoms with Gasteiger partial charge in [0.25, 0.3) is 11.4 Å². The molecule has 0 N–H and O–H groups in total. The standard InChI is InChI=1S/C19H18N4O5/c24-19(9-4-15-2-1-3-18(14-15)23(27)28)21-12-10-20(11-13-21)16-5-7-17(8-6-16)22(25)26/h1-9,14H,10-13H2/b9-4-. The molecule has 144 valence electrons. The van der Waals surface area contributed by atoms with Gasteiger partial charge in [-0.25, -0.2) is 0 Å². The smallest absolute Gasteiger partial charge is 0.270 e. The fraction of sp³-hybridized carbons (Fsp3) is 0.211. The molecule has 1 fully saturated rings. The second-order valence-corrected chi connectivity index (χ2v) is 6.27. The Hall–Kier alpha value is -3.75. The first-order valence-corrected chi connectivity index (χ1v) is 8.65. The van der Waals surface area contributed by atoms with Crippen LogP contribution in [0.4, 0.5) is 17.1 Å². The van der Waals surface area contributed by atoms with Crippen LogP contribution >= 0.6 is 0 Å². The van der Waals surface area contributed by atoms with Crippen molar-refractivity contribution in [2.45, 2.75) is 0 Å². The molecule has 1 amide bonds. The van der Waals surface area contributed by atoms with Crippen molar-refractivity contribution >= 4 is 29.0 Å². The summed E-state index contributed by atoms with van der Waals surface area (Å²) in [5.74, 6) is -0.158. The van der Waals surface area contributed by atoms with E-state index in [2.05, 4.69) is 4.90 Å². The number of rotatable bonds is 5. The highest BCUT2D eigenvalue weighted by Crippen LogP contribution is 2.21. The number of hydrogen-bond donors (Lipinski definition) is 0. The Balaban J connectivity index is 1.57. The molecule has 3 rings (SSSR count). The lowest BCUT2D eigenvalue weighted by molar-refractivity contribution is -0.385. The van der Waals surface area contributed by atoms with E-state index >= 15 is 0 Å². The summed E-state index contributed by atoms with van der Waals surface area (Å²) in [5.41, 5.74) is 1.49. The van der Waals surface area contributed by atoms with Crippen LogP contribution in [0.2, 0.25) is 0 Å². The summed E-state index contributed by atoms with van der Waals surface area (Å²) < 4.78 is 0. The number of piperazine rings is 1. The van der Waals surface area contributed by atoms with Crippen molar-refractivity contribution in [3.8, 4) is 0 Å². The predicted octanol–water partition coefficient (Wildman–Crippen LogP) is 2.87. The minimum Gasteiger partial charge on any atom is -0.368 e. The lowest BCUT2D eigenvalue weighted by Crippen LogP contribution is -2.48. The Morgan fingerprint density at radius 1 is 0.893 bits per heavy atom. The topological polar surface area (TPSA) is 110 Å². The first-order chi connectivity index (χ1) is 13.4.